The van der Waals surface area contributed by atoms with Gasteiger partial charge in [0.25, 0.3) is 5.56 Å². The lowest BCUT2D eigenvalue weighted by Crippen LogP contribution is -2.42. The van der Waals surface area contributed by atoms with E-state index in [2.05, 4.69) is 4.98 Å². The van der Waals surface area contributed by atoms with Gasteiger partial charge in [-0.15, -0.1) is 0 Å². The number of ether oxygens (including phenoxy) is 1. The van der Waals surface area contributed by atoms with Gasteiger partial charge in [-0.3, -0.25) is 14.3 Å². The van der Waals surface area contributed by atoms with Gasteiger partial charge in [0.2, 0.25) is 0 Å². The van der Waals surface area contributed by atoms with Crippen LogP contribution in [0, 0.1) is 0 Å². The van der Waals surface area contributed by atoms with Crippen molar-refractivity contribution in [2.45, 2.75) is 31.9 Å². The van der Waals surface area contributed by atoms with Gasteiger partial charge in [-0.25, -0.2) is 4.79 Å². The molecule has 0 aromatic carbocycles. The van der Waals surface area contributed by atoms with Crippen LogP contribution in [0.1, 0.15) is 19.8 Å². The molecule has 0 spiro atoms. The maximum absolute atomic E-state index is 11.6. The second-order valence-corrected chi connectivity index (χ2v) is 4.66. The third-order valence-corrected chi connectivity index (χ3v) is 2.98. The van der Waals surface area contributed by atoms with E-state index in [1.807, 2.05) is 6.92 Å². The van der Waals surface area contributed by atoms with Crippen LogP contribution in [0.4, 0.5) is 0 Å². The fourth-order valence-electron chi connectivity index (χ4n) is 1.94. The molecule has 1 aliphatic heterocycles. The Morgan fingerprint density at radius 1 is 1.62 bits per heavy atom. The summed E-state index contributed by atoms with van der Waals surface area (Å²) in [5, 5.41) is 0.0590. The van der Waals surface area contributed by atoms with Crippen molar-refractivity contribution < 1.29 is 4.74 Å². The zero-order valence-corrected chi connectivity index (χ0v) is 9.71. The number of nitrogens with zero attached hydrogens (tertiary/aromatic N) is 1. The van der Waals surface area contributed by atoms with Gasteiger partial charge in [-0.1, -0.05) is 11.6 Å². The van der Waals surface area contributed by atoms with Gasteiger partial charge < -0.3 is 4.74 Å². The standard InChI is InChI=1S/C10H13ClN2O3/c1-10(3-2-4-16-10)6-13-8(14)5-7(11)12-9(13)15/h5H,2-4,6H2,1H3,(H,12,15). The van der Waals surface area contributed by atoms with Crippen LogP contribution in [0.25, 0.3) is 0 Å². The van der Waals surface area contributed by atoms with Gasteiger partial charge in [0.1, 0.15) is 5.15 Å². The average Bonchev–Trinajstić information content (AvgIpc) is 2.59. The Bertz CT molecular complexity index is 468. The minimum Gasteiger partial charge on any atom is -0.373 e. The normalized spacial score (nSPS) is 24.9. The van der Waals surface area contributed by atoms with Crippen LogP contribution in [0.2, 0.25) is 5.15 Å². The molecule has 0 bridgehead atoms. The Balaban J connectivity index is 2.35. The zero-order valence-electron chi connectivity index (χ0n) is 8.96. The highest BCUT2D eigenvalue weighted by Gasteiger charge is 2.31. The number of aromatic amines is 1. The summed E-state index contributed by atoms with van der Waals surface area (Å²) in [7, 11) is 0. The topological polar surface area (TPSA) is 64.1 Å². The maximum atomic E-state index is 11.6. The number of H-pyrrole nitrogens is 1. The summed E-state index contributed by atoms with van der Waals surface area (Å²) in [5.74, 6) is 0. The van der Waals surface area contributed by atoms with E-state index in [-0.39, 0.29) is 11.7 Å². The Labute approximate surface area is 97.0 Å². The molecular weight excluding hydrogens is 232 g/mol. The largest absolute Gasteiger partial charge is 0.373 e. The molecule has 1 atom stereocenters. The molecule has 0 amide bonds. The predicted octanol–water partition coefficient (Wildman–Crippen LogP) is 0.759. The molecule has 5 nitrogen and oxygen atoms in total. The van der Waals surface area contributed by atoms with E-state index in [1.165, 1.54) is 6.07 Å². The first-order valence-corrected chi connectivity index (χ1v) is 5.52. The van der Waals surface area contributed by atoms with Crippen LogP contribution in [0.3, 0.4) is 0 Å². The summed E-state index contributed by atoms with van der Waals surface area (Å²) in [6.45, 7) is 2.84. The van der Waals surface area contributed by atoms with Crippen LogP contribution in [-0.2, 0) is 11.3 Å². The highest BCUT2D eigenvalue weighted by molar-refractivity contribution is 6.29. The molecule has 1 fully saturated rings. The van der Waals surface area contributed by atoms with E-state index in [9.17, 15) is 9.59 Å². The van der Waals surface area contributed by atoms with Crippen molar-refractivity contribution >= 4 is 11.6 Å². The molecule has 0 radical (unpaired) electrons. The second-order valence-electron chi connectivity index (χ2n) is 4.25. The van der Waals surface area contributed by atoms with E-state index < -0.39 is 16.9 Å². The predicted molar refractivity (Wildman–Crippen MR) is 59.9 cm³/mol. The van der Waals surface area contributed by atoms with E-state index in [0.717, 1.165) is 17.4 Å². The summed E-state index contributed by atoms with van der Waals surface area (Å²) < 4.78 is 6.66. The Hall–Kier alpha value is -1.07. The quantitative estimate of drug-likeness (QED) is 0.782. The van der Waals surface area contributed by atoms with Crippen molar-refractivity contribution in [1.82, 2.24) is 9.55 Å². The number of aromatic nitrogens is 2. The third-order valence-electron chi connectivity index (χ3n) is 2.78. The highest BCUT2D eigenvalue weighted by Crippen LogP contribution is 2.25. The lowest BCUT2D eigenvalue weighted by molar-refractivity contribution is 0.00451. The monoisotopic (exact) mass is 244 g/mol. The first-order valence-electron chi connectivity index (χ1n) is 5.14. The van der Waals surface area contributed by atoms with E-state index >= 15 is 0 Å². The van der Waals surface area contributed by atoms with E-state index in [0.29, 0.717) is 6.61 Å². The summed E-state index contributed by atoms with van der Waals surface area (Å²) in [4.78, 5) is 25.5. The molecule has 1 aliphatic rings. The SMILES string of the molecule is CC1(Cn2c(=O)cc(Cl)[nH]c2=O)CCCO1. The molecule has 6 heteroatoms. The second kappa shape index (κ2) is 4.07. The molecule has 1 aromatic rings. The van der Waals surface area contributed by atoms with Crippen molar-refractivity contribution in [2.75, 3.05) is 6.61 Å². The number of nitrogens with one attached hydrogen (secondary N) is 1. The van der Waals surface area contributed by atoms with E-state index in [1.54, 1.807) is 0 Å². The highest BCUT2D eigenvalue weighted by atomic mass is 35.5. The van der Waals surface area contributed by atoms with Crippen molar-refractivity contribution in [1.29, 1.82) is 0 Å². The van der Waals surface area contributed by atoms with Gasteiger partial charge in [0.05, 0.1) is 12.1 Å². The van der Waals surface area contributed by atoms with Crippen LogP contribution < -0.4 is 11.2 Å². The molecule has 16 heavy (non-hydrogen) atoms. The number of rotatable bonds is 2. The molecule has 1 saturated heterocycles. The average molecular weight is 245 g/mol. The minimum atomic E-state index is -0.491. The molecule has 1 N–H and O–H groups in total. The summed E-state index contributed by atoms with van der Waals surface area (Å²) in [6, 6.07) is 1.20. The summed E-state index contributed by atoms with van der Waals surface area (Å²) in [5.41, 5.74) is -1.32. The van der Waals surface area contributed by atoms with Crippen LogP contribution in [-0.4, -0.2) is 21.8 Å². The Morgan fingerprint density at radius 2 is 2.38 bits per heavy atom. The lowest BCUT2D eigenvalue weighted by Gasteiger charge is -2.23. The minimum absolute atomic E-state index is 0.0590. The molecule has 1 aromatic heterocycles. The number of halogens is 1. The molecule has 88 valence electrons. The van der Waals surface area contributed by atoms with Crippen molar-refractivity contribution in [3.63, 3.8) is 0 Å². The molecule has 0 aliphatic carbocycles. The third kappa shape index (κ3) is 2.20. The molecule has 2 heterocycles. The molecule has 2 rings (SSSR count). The summed E-state index contributed by atoms with van der Waals surface area (Å²) in [6.07, 6.45) is 1.80. The van der Waals surface area contributed by atoms with Gasteiger partial charge >= 0.3 is 5.69 Å². The molecular formula is C10H13ClN2O3. The smallest absolute Gasteiger partial charge is 0.329 e. The van der Waals surface area contributed by atoms with Crippen LogP contribution in [0.15, 0.2) is 15.7 Å². The van der Waals surface area contributed by atoms with Crippen molar-refractivity contribution in [3.05, 3.63) is 32.1 Å². The van der Waals surface area contributed by atoms with Crippen LogP contribution in [0.5, 0.6) is 0 Å². The fraction of sp³-hybridized carbons (Fsp3) is 0.600. The maximum Gasteiger partial charge on any atom is 0.329 e. The Kier molecular flexibility index (Phi) is 2.90. The van der Waals surface area contributed by atoms with Crippen molar-refractivity contribution in [3.8, 4) is 0 Å². The molecule has 1 unspecified atom stereocenters. The zero-order chi connectivity index (χ0) is 11.8. The van der Waals surface area contributed by atoms with Gasteiger partial charge in [-0.2, -0.15) is 0 Å². The number of hydrogen-bond acceptors (Lipinski definition) is 3. The van der Waals surface area contributed by atoms with Gasteiger partial charge in [0.15, 0.2) is 0 Å². The summed E-state index contributed by atoms with van der Waals surface area (Å²) >= 11 is 5.57. The Morgan fingerprint density at radius 3 is 2.94 bits per heavy atom. The van der Waals surface area contributed by atoms with Crippen molar-refractivity contribution in [2.24, 2.45) is 0 Å². The fourth-order valence-corrected chi connectivity index (χ4v) is 2.11. The van der Waals surface area contributed by atoms with Crippen LogP contribution >= 0.6 is 11.6 Å². The number of hydrogen-bond donors (Lipinski definition) is 1. The first kappa shape index (κ1) is 11.4. The van der Waals surface area contributed by atoms with E-state index in [4.69, 9.17) is 16.3 Å². The van der Waals surface area contributed by atoms with Gasteiger partial charge in [-0.05, 0) is 19.8 Å². The molecule has 0 saturated carbocycles. The lowest BCUT2D eigenvalue weighted by atomic mass is 10.0. The first-order chi connectivity index (χ1) is 7.50. The van der Waals surface area contributed by atoms with Gasteiger partial charge in [0, 0.05) is 12.7 Å².